The van der Waals surface area contributed by atoms with Gasteiger partial charge in [0.05, 0.1) is 23.9 Å². The minimum absolute atomic E-state index is 0.778. The van der Waals surface area contributed by atoms with E-state index < -0.39 is 11.0 Å². The highest BCUT2D eigenvalue weighted by molar-refractivity contribution is 5.89. The summed E-state index contributed by atoms with van der Waals surface area (Å²) in [6.07, 6.45) is 0. The molecule has 0 radical (unpaired) electrons. The van der Waals surface area contributed by atoms with Crippen LogP contribution in [0.3, 0.4) is 0 Å². The molecule has 0 aliphatic heterocycles. The lowest BCUT2D eigenvalue weighted by atomic mass is 9.55. The Kier molecular flexibility index (Phi) is 8.18. The van der Waals surface area contributed by atoms with Crippen molar-refractivity contribution in [3.05, 3.63) is 238 Å². The van der Waals surface area contributed by atoms with Crippen LogP contribution >= 0.6 is 0 Å². The molecule has 262 valence electrons. The van der Waals surface area contributed by atoms with Gasteiger partial charge in [0.1, 0.15) is 11.4 Å². The van der Waals surface area contributed by atoms with E-state index in [2.05, 4.69) is 176 Å². The topological polar surface area (TPSA) is 34.4 Å². The van der Waals surface area contributed by atoms with Crippen LogP contribution in [0, 0.1) is 13.8 Å². The first-order valence-electron chi connectivity index (χ1n) is 18.5. The van der Waals surface area contributed by atoms with E-state index in [4.69, 9.17) is 4.74 Å². The molecule has 1 aliphatic carbocycles. The monoisotopic (exact) mass is 699 g/mol. The predicted octanol–water partition coefficient (Wildman–Crippen LogP) is 11.4. The lowest BCUT2D eigenvalue weighted by molar-refractivity contribution is 0.119. The molecule has 1 N–H and O–H groups in total. The summed E-state index contributed by atoms with van der Waals surface area (Å²) in [5, 5.41) is 14.2. The SMILES string of the molecule is COc1ccc(-n2c(-c3ccc(C)cc3)c3c(c2-c2ccc(C)cc2)C(c2ccccc2)(c2ccccc2)c2ccccc2C3(O)c2ccccc2)cc1. The molecule has 0 saturated heterocycles. The Labute approximate surface area is 317 Å². The molecule has 54 heavy (non-hydrogen) atoms. The van der Waals surface area contributed by atoms with E-state index in [-0.39, 0.29) is 0 Å². The maximum atomic E-state index is 14.2. The average molecular weight is 700 g/mol. The van der Waals surface area contributed by atoms with Crippen molar-refractivity contribution < 1.29 is 9.84 Å². The number of ether oxygens (including phenoxy) is 1. The van der Waals surface area contributed by atoms with Gasteiger partial charge >= 0.3 is 0 Å². The highest BCUT2D eigenvalue weighted by atomic mass is 16.5. The summed E-state index contributed by atoms with van der Waals surface area (Å²) in [6.45, 7) is 4.24. The molecule has 0 spiro atoms. The molecule has 1 unspecified atom stereocenters. The average Bonchev–Trinajstić information content (AvgIpc) is 3.60. The lowest BCUT2D eigenvalue weighted by Crippen LogP contribution is -2.44. The minimum Gasteiger partial charge on any atom is -0.497 e. The Morgan fingerprint density at radius 2 is 0.870 bits per heavy atom. The van der Waals surface area contributed by atoms with Crippen molar-refractivity contribution in [3.8, 4) is 34.0 Å². The number of rotatable bonds is 7. The Hall–Kier alpha value is -6.42. The Morgan fingerprint density at radius 3 is 1.35 bits per heavy atom. The van der Waals surface area contributed by atoms with Gasteiger partial charge in [-0.25, -0.2) is 0 Å². The molecule has 0 amide bonds. The first kappa shape index (κ1) is 33.4. The number of aromatic nitrogens is 1. The highest BCUT2D eigenvalue weighted by Crippen LogP contribution is 2.62. The number of benzene rings is 7. The first-order valence-corrected chi connectivity index (χ1v) is 18.5. The lowest BCUT2D eigenvalue weighted by Gasteiger charge is -2.47. The molecule has 7 aromatic carbocycles. The smallest absolute Gasteiger partial charge is 0.143 e. The van der Waals surface area contributed by atoms with Gasteiger partial charge in [0.15, 0.2) is 0 Å². The number of aliphatic hydroxyl groups is 1. The highest BCUT2D eigenvalue weighted by Gasteiger charge is 2.56. The number of hydrogen-bond acceptors (Lipinski definition) is 2. The van der Waals surface area contributed by atoms with Gasteiger partial charge < -0.3 is 14.4 Å². The quantitative estimate of drug-likeness (QED) is 0.180. The van der Waals surface area contributed by atoms with Crippen molar-refractivity contribution in [2.75, 3.05) is 7.11 Å². The Morgan fingerprint density at radius 1 is 0.444 bits per heavy atom. The molecule has 3 heteroatoms. The molecular formula is C51H41NO2. The van der Waals surface area contributed by atoms with Gasteiger partial charge in [0.25, 0.3) is 0 Å². The summed E-state index contributed by atoms with van der Waals surface area (Å²) < 4.78 is 8.06. The molecule has 9 rings (SSSR count). The van der Waals surface area contributed by atoms with Crippen molar-refractivity contribution in [3.63, 3.8) is 0 Å². The van der Waals surface area contributed by atoms with E-state index in [0.29, 0.717) is 0 Å². The van der Waals surface area contributed by atoms with E-state index >= 15 is 0 Å². The summed E-state index contributed by atoms with van der Waals surface area (Å²) in [7, 11) is 1.70. The van der Waals surface area contributed by atoms with E-state index in [0.717, 1.165) is 72.9 Å². The van der Waals surface area contributed by atoms with Crippen molar-refractivity contribution in [1.29, 1.82) is 0 Å². The summed E-state index contributed by atoms with van der Waals surface area (Å²) >= 11 is 0. The van der Waals surface area contributed by atoms with Crippen LogP contribution < -0.4 is 4.74 Å². The van der Waals surface area contributed by atoms with Crippen LogP contribution in [0.4, 0.5) is 0 Å². The van der Waals surface area contributed by atoms with Crippen molar-refractivity contribution >= 4 is 0 Å². The van der Waals surface area contributed by atoms with Crippen molar-refractivity contribution in [1.82, 2.24) is 4.57 Å². The third-order valence-electron chi connectivity index (χ3n) is 11.2. The second kappa shape index (κ2) is 13.2. The minimum atomic E-state index is -1.54. The number of methoxy groups -OCH3 is 1. The van der Waals surface area contributed by atoms with E-state index in [1.807, 2.05) is 30.3 Å². The Balaban J connectivity index is 1.61. The van der Waals surface area contributed by atoms with E-state index in [9.17, 15) is 5.11 Å². The predicted molar refractivity (Wildman–Crippen MR) is 220 cm³/mol. The largest absolute Gasteiger partial charge is 0.497 e. The zero-order chi connectivity index (χ0) is 36.9. The zero-order valence-electron chi connectivity index (χ0n) is 30.7. The van der Waals surface area contributed by atoms with Gasteiger partial charge in [0.2, 0.25) is 0 Å². The molecule has 1 aromatic heterocycles. The maximum absolute atomic E-state index is 14.2. The second-order valence-electron chi connectivity index (χ2n) is 14.3. The molecular weight excluding hydrogens is 659 g/mol. The number of nitrogens with zero attached hydrogens (tertiary/aromatic N) is 1. The number of hydrogen-bond donors (Lipinski definition) is 1. The molecule has 1 atom stereocenters. The fourth-order valence-electron chi connectivity index (χ4n) is 8.77. The van der Waals surface area contributed by atoms with Crippen LogP contribution in [0.15, 0.2) is 188 Å². The van der Waals surface area contributed by atoms with Crippen LogP contribution in [0.2, 0.25) is 0 Å². The number of fused-ring (bicyclic) bond motifs is 2. The summed E-state index contributed by atoms with van der Waals surface area (Å²) in [5.41, 5.74) is 11.8. The molecule has 8 aromatic rings. The van der Waals surface area contributed by atoms with E-state index in [1.54, 1.807) is 7.11 Å². The van der Waals surface area contributed by atoms with Crippen molar-refractivity contribution in [2.24, 2.45) is 0 Å². The van der Waals surface area contributed by atoms with E-state index in [1.165, 1.54) is 11.1 Å². The summed E-state index contributed by atoms with van der Waals surface area (Å²) in [4.78, 5) is 0. The third-order valence-corrected chi connectivity index (χ3v) is 11.2. The molecule has 1 heterocycles. The van der Waals surface area contributed by atoms with Gasteiger partial charge in [-0.05, 0) is 77.1 Å². The van der Waals surface area contributed by atoms with Crippen LogP contribution in [0.25, 0.3) is 28.2 Å². The number of aryl methyl sites for hydroxylation is 2. The summed E-state index contributed by atoms with van der Waals surface area (Å²) in [5.74, 6) is 0.778. The first-order chi connectivity index (χ1) is 26.5. The van der Waals surface area contributed by atoms with Crippen LogP contribution in [-0.2, 0) is 11.0 Å². The standard InChI is InChI=1S/C51H41NO2/c1-35-23-27-37(28-24-35)48-46-47(49(38-29-25-36(2)26-30-38)52(48)42-31-33-43(54-3)34-32-42)51(53,41-19-11-6-12-20-41)45-22-14-13-21-44(45)50(46,39-15-7-4-8-16-39)40-17-9-5-10-18-40/h4-34,53H,1-3H3. The van der Waals surface area contributed by atoms with Gasteiger partial charge in [0, 0.05) is 16.8 Å². The molecule has 0 bridgehead atoms. The fourth-order valence-corrected chi connectivity index (χ4v) is 8.77. The van der Waals surface area contributed by atoms with Gasteiger partial charge in [-0.2, -0.15) is 0 Å². The molecule has 0 saturated carbocycles. The summed E-state index contributed by atoms with van der Waals surface area (Å²) in [6, 6.07) is 66.2. The van der Waals surface area contributed by atoms with Gasteiger partial charge in [-0.3, -0.25) is 0 Å². The third kappa shape index (κ3) is 5.00. The second-order valence-corrected chi connectivity index (χ2v) is 14.3. The zero-order valence-corrected chi connectivity index (χ0v) is 30.7. The van der Waals surface area contributed by atoms with Crippen LogP contribution in [0.5, 0.6) is 5.75 Å². The van der Waals surface area contributed by atoms with Crippen LogP contribution in [0.1, 0.15) is 50.1 Å². The Bertz CT molecular complexity index is 2530. The molecule has 1 aliphatic rings. The van der Waals surface area contributed by atoms with Crippen molar-refractivity contribution in [2.45, 2.75) is 24.9 Å². The van der Waals surface area contributed by atoms with Gasteiger partial charge in [-0.15, -0.1) is 0 Å². The van der Waals surface area contributed by atoms with Crippen LogP contribution in [-0.4, -0.2) is 16.8 Å². The molecule has 0 fully saturated rings. The van der Waals surface area contributed by atoms with Gasteiger partial charge in [-0.1, -0.05) is 175 Å². The fraction of sp³-hybridized carbons (Fsp3) is 0.0980. The molecule has 3 nitrogen and oxygen atoms in total. The maximum Gasteiger partial charge on any atom is 0.143 e. The normalized spacial score (nSPS) is 15.6.